The third kappa shape index (κ3) is 8.58. The van der Waals surface area contributed by atoms with Crippen LogP contribution in [0, 0.1) is 0 Å². The Morgan fingerprint density at radius 3 is 2.32 bits per heavy atom. The molecule has 0 aliphatic heterocycles. The van der Waals surface area contributed by atoms with Crippen molar-refractivity contribution in [2.75, 3.05) is 40.3 Å². The molecule has 1 rings (SSSR count). The van der Waals surface area contributed by atoms with Crippen LogP contribution in [0.3, 0.4) is 0 Å². The van der Waals surface area contributed by atoms with Crippen molar-refractivity contribution in [2.24, 2.45) is 4.99 Å². The maximum atomic E-state index is 4.68. The molecule has 0 amide bonds. The monoisotopic (exact) mass is 418 g/mol. The van der Waals surface area contributed by atoms with E-state index in [-0.39, 0.29) is 24.0 Å². The Bertz CT molecular complexity index is 406. The zero-order chi connectivity index (χ0) is 15.5. The molecular weight excluding hydrogens is 387 g/mol. The number of nitrogens with one attached hydrogen (secondary N) is 1. The lowest BCUT2D eigenvalue weighted by Gasteiger charge is -2.22. The predicted molar refractivity (Wildman–Crippen MR) is 107 cm³/mol. The Morgan fingerprint density at radius 1 is 1.09 bits per heavy atom. The zero-order valence-corrected chi connectivity index (χ0v) is 16.7. The van der Waals surface area contributed by atoms with Crippen LogP contribution in [0.15, 0.2) is 35.3 Å². The molecule has 0 saturated heterocycles. The molecule has 0 aliphatic rings. The van der Waals surface area contributed by atoms with E-state index in [9.17, 15) is 0 Å². The molecule has 0 radical (unpaired) electrons. The SMILES string of the molecule is CCCN(CC)CCNC(=NCc1ccccc1)N(C)C.I. The standard InChI is InChI=1S/C17H30N4.HI/c1-5-13-21(6-2)14-12-18-17(20(3)4)19-15-16-10-8-7-9-11-16;/h7-11H,5-6,12-15H2,1-4H3,(H,18,19);1H. The summed E-state index contributed by atoms with van der Waals surface area (Å²) in [4.78, 5) is 9.17. The van der Waals surface area contributed by atoms with Crippen molar-refractivity contribution in [3.8, 4) is 0 Å². The number of likely N-dealkylation sites (N-methyl/N-ethyl adjacent to an activating group) is 1. The highest BCUT2D eigenvalue weighted by Gasteiger charge is 2.04. The summed E-state index contributed by atoms with van der Waals surface area (Å²) in [5.74, 6) is 0.950. The van der Waals surface area contributed by atoms with Gasteiger partial charge in [0.05, 0.1) is 6.54 Å². The maximum Gasteiger partial charge on any atom is 0.193 e. The Kier molecular flexibility index (Phi) is 12.2. The molecule has 0 spiro atoms. The molecule has 1 aromatic rings. The van der Waals surface area contributed by atoms with Crippen LogP contribution in [-0.2, 0) is 6.54 Å². The van der Waals surface area contributed by atoms with Gasteiger partial charge in [-0.25, -0.2) is 4.99 Å². The Morgan fingerprint density at radius 2 is 1.77 bits per heavy atom. The van der Waals surface area contributed by atoms with Crippen molar-refractivity contribution in [1.82, 2.24) is 15.1 Å². The van der Waals surface area contributed by atoms with Gasteiger partial charge < -0.3 is 15.1 Å². The van der Waals surface area contributed by atoms with E-state index in [0.29, 0.717) is 6.54 Å². The summed E-state index contributed by atoms with van der Waals surface area (Å²) >= 11 is 0. The summed E-state index contributed by atoms with van der Waals surface area (Å²) in [6, 6.07) is 10.4. The first-order valence-corrected chi connectivity index (χ1v) is 7.89. The second-order valence-electron chi connectivity index (χ2n) is 5.38. The van der Waals surface area contributed by atoms with Crippen molar-refractivity contribution >= 4 is 29.9 Å². The number of nitrogens with zero attached hydrogens (tertiary/aromatic N) is 3. The molecule has 126 valence electrons. The lowest BCUT2D eigenvalue weighted by atomic mass is 10.2. The van der Waals surface area contributed by atoms with E-state index in [4.69, 9.17) is 0 Å². The number of aliphatic imine (C=N–C) groups is 1. The molecule has 5 heteroatoms. The van der Waals surface area contributed by atoms with Crippen molar-refractivity contribution in [1.29, 1.82) is 0 Å². The van der Waals surface area contributed by atoms with Crippen LogP contribution in [0.1, 0.15) is 25.8 Å². The average molecular weight is 418 g/mol. The van der Waals surface area contributed by atoms with Crippen molar-refractivity contribution in [3.63, 3.8) is 0 Å². The van der Waals surface area contributed by atoms with Crippen molar-refractivity contribution < 1.29 is 0 Å². The van der Waals surface area contributed by atoms with Crippen LogP contribution < -0.4 is 5.32 Å². The Hall–Kier alpha value is -0.820. The fraction of sp³-hybridized carbons (Fsp3) is 0.588. The third-order valence-electron chi connectivity index (χ3n) is 3.38. The van der Waals surface area contributed by atoms with Gasteiger partial charge in [0.2, 0.25) is 0 Å². The number of rotatable bonds is 8. The van der Waals surface area contributed by atoms with Gasteiger partial charge in [-0.3, -0.25) is 0 Å². The summed E-state index contributed by atoms with van der Waals surface area (Å²) in [5.41, 5.74) is 1.24. The number of hydrogen-bond acceptors (Lipinski definition) is 2. The summed E-state index contributed by atoms with van der Waals surface area (Å²) < 4.78 is 0. The first kappa shape index (κ1) is 21.2. The number of benzene rings is 1. The molecule has 0 bridgehead atoms. The highest BCUT2D eigenvalue weighted by atomic mass is 127. The van der Waals surface area contributed by atoms with Gasteiger partial charge in [0.15, 0.2) is 5.96 Å². The second kappa shape index (κ2) is 12.7. The van der Waals surface area contributed by atoms with Crippen LogP contribution in [0.25, 0.3) is 0 Å². The van der Waals surface area contributed by atoms with Gasteiger partial charge in [0, 0.05) is 27.2 Å². The topological polar surface area (TPSA) is 30.9 Å². The minimum Gasteiger partial charge on any atom is -0.355 e. The zero-order valence-electron chi connectivity index (χ0n) is 14.4. The van der Waals surface area contributed by atoms with E-state index in [1.165, 1.54) is 12.0 Å². The summed E-state index contributed by atoms with van der Waals surface area (Å²) in [7, 11) is 4.06. The number of guanidine groups is 1. The molecule has 1 aromatic carbocycles. The number of hydrogen-bond donors (Lipinski definition) is 1. The molecule has 4 nitrogen and oxygen atoms in total. The van der Waals surface area contributed by atoms with E-state index in [1.54, 1.807) is 0 Å². The minimum absolute atomic E-state index is 0. The highest BCUT2D eigenvalue weighted by molar-refractivity contribution is 14.0. The van der Waals surface area contributed by atoms with Gasteiger partial charge in [-0.2, -0.15) is 0 Å². The highest BCUT2D eigenvalue weighted by Crippen LogP contribution is 2.00. The number of halogens is 1. The maximum absolute atomic E-state index is 4.68. The second-order valence-corrected chi connectivity index (χ2v) is 5.38. The molecule has 0 atom stereocenters. The van der Waals surface area contributed by atoms with Gasteiger partial charge in [0.25, 0.3) is 0 Å². The van der Waals surface area contributed by atoms with Crippen LogP contribution in [0.4, 0.5) is 0 Å². The van der Waals surface area contributed by atoms with Gasteiger partial charge >= 0.3 is 0 Å². The van der Waals surface area contributed by atoms with Crippen LogP contribution >= 0.6 is 24.0 Å². The lowest BCUT2D eigenvalue weighted by Crippen LogP contribution is -2.41. The fourth-order valence-corrected chi connectivity index (χ4v) is 2.18. The largest absolute Gasteiger partial charge is 0.355 e. The van der Waals surface area contributed by atoms with E-state index < -0.39 is 0 Å². The average Bonchev–Trinajstić information content (AvgIpc) is 2.50. The molecule has 0 fully saturated rings. The molecule has 0 saturated carbocycles. The van der Waals surface area contributed by atoms with Crippen LogP contribution in [-0.4, -0.2) is 56.0 Å². The molecule has 0 aliphatic carbocycles. The van der Waals surface area contributed by atoms with Gasteiger partial charge in [-0.15, -0.1) is 24.0 Å². The fourth-order valence-electron chi connectivity index (χ4n) is 2.18. The Labute approximate surface area is 153 Å². The quantitative estimate of drug-likeness (QED) is 0.400. The molecule has 22 heavy (non-hydrogen) atoms. The van der Waals surface area contributed by atoms with Crippen LogP contribution in [0.2, 0.25) is 0 Å². The minimum atomic E-state index is 0. The van der Waals surface area contributed by atoms with Crippen molar-refractivity contribution in [3.05, 3.63) is 35.9 Å². The summed E-state index contributed by atoms with van der Waals surface area (Å²) in [5, 5.41) is 3.45. The predicted octanol–water partition coefficient (Wildman–Crippen LogP) is 3.04. The molecular formula is C17H31IN4. The first-order valence-electron chi connectivity index (χ1n) is 7.89. The normalized spacial score (nSPS) is 11.2. The van der Waals surface area contributed by atoms with Crippen LogP contribution in [0.5, 0.6) is 0 Å². The Balaban J connectivity index is 0.00000441. The molecule has 0 unspecified atom stereocenters. The molecule has 0 aromatic heterocycles. The summed E-state index contributed by atoms with van der Waals surface area (Å²) in [6.07, 6.45) is 1.20. The molecule has 1 N–H and O–H groups in total. The smallest absolute Gasteiger partial charge is 0.193 e. The first-order chi connectivity index (χ1) is 10.2. The van der Waals surface area contributed by atoms with Gasteiger partial charge in [0.1, 0.15) is 0 Å². The van der Waals surface area contributed by atoms with E-state index in [1.807, 2.05) is 25.1 Å². The van der Waals surface area contributed by atoms with E-state index >= 15 is 0 Å². The van der Waals surface area contributed by atoms with Gasteiger partial charge in [-0.05, 0) is 25.1 Å². The summed E-state index contributed by atoms with van der Waals surface area (Å²) in [6.45, 7) is 9.41. The van der Waals surface area contributed by atoms with Gasteiger partial charge in [-0.1, -0.05) is 44.2 Å². The lowest BCUT2D eigenvalue weighted by molar-refractivity contribution is 0.292. The molecule has 0 heterocycles. The van der Waals surface area contributed by atoms with E-state index in [0.717, 1.165) is 32.1 Å². The third-order valence-corrected chi connectivity index (χ3v) is 3.38. The van der Waals surface area contributed by atoms with E-state index in [2.05, 4.69) is 53.3 Å². The van der Waals surface area contributed by atoms with Crippen molar-refractivity contribution in [2.45, 2.75) is 26.8 Å².